The Kier molecular flexibility index (Phi) is 5.59. The molecule has 0 spiro atoms. The van der Waals surface area contributed by atoms with Gasteiger partial charge in [-0.15, -0.1) is 0 Å². The fraction of sp³-hybridized carbons (Fsp3) is 0.538. The molecule has 0 saturated heterocycles. The van der Waals surface area contributed by atoms with E-state index in [1.165, 1.54) is 0 Å². The minimum absolute atomic E-state index is 0.225. The maximum absolute atomic E-state index is 12.8. The van der Waals surface area contributed by atoms with E-state index in [4.69, 9.17) is 0 Å². The molecule has 0 aromatic heterocycles. The van der Waals surface area contributed by atoms with Gasteiger partial charge in [0.2, 0.25) is 0 Å². The molecular weight excluding hydrogens is 246 g/mol. The molecule has 0 aliphatic heterocycles. The van der Waals surface area contributed by atoms with Crippen LogP contribution in [0, 0.1) is 0 Å². The van der Waals surface area contributed by atoms with Gasteiger partial charge >= 0.3 is 12.3 Å². The lowest BCUT2D eigenvalue weighted by Gasteiger charge is -2.21. The largest absolute Gasteiger partial charge is 0.319 e. The van der Waals surface area contributed by atoms with E-state index in [9.17, 15) is 17.6 Å². The quantitative estimate of drug-likeness (QED) is 0.742. The molecule has 1 unspecified atom stereocenters. The van der Waals surface area contributed by atoms with Crippen LogP contribution in [0.2, 0.25) is 0 Å². The molecule has 102 valence electrons. The third kappa shape index (κ3) is 4.64. The summed E-state index contributed by atoms with van der Waals surface area (Å²) in [7, 11) is 0. The highest BCUT2D eigenvalue weighted by Gasteiger charge is 2.40. The molecule has 0 heterocycles. The van der Waals surface area contributed by atoms with Crippen molar-refractivity contribution in [3.63, 3.8) is 0 Å². The zero-order valence-corrected chi connectivity index (χ0v) is 10.2. The minimum atomic E-state index is -3.97. The number of alkyl halides is 4. The standard InChI is InChI=1S/C13H17F4N/c1-2-11(8-10-6-4-3-5-7-10)18-9-13(16,17)12(14)15/h3-7,11-12,18H,2,8-9H2,1H3. The van der Waals surface area contributed by atoms with Crippen LogP contribution < -0.4 is 5.32 Å². The van der Waals surface area contributed by atoms with Crippen molar-refractivity contribution in [1.29, 1.82) is 0 Å². The summed E-state index contributed by atoms with van der Waals surface area (Å²) in [5.41, 5.74) is 0.997. The second-order valence-electron chi connectivity index (χ2n) is 4.24. The molecule has 1 aromatic carbocycles. The molecule has 0 radical (unpaired) electrons. The summed E-state index contributed by atoms with van der Waals surface area (Å²) < 4.78 is 49.5. The van der Waals surface area contributed by atoms with Crippen LogP contribution >= 0.6 is 0 Å². The Morgan fingerprint density at radius 2 is 1.78 bits per heavy atom. The minimum Gasteiger partial charge on any atom is -0.308 e. The first-order valence-electron chi connectivity index (χ1n) is 5.89. The van der Waals surface area contributed by atoms with Gasteiger partial charge < -0.3 is 5.32 Å². The van der Waals surface area contributed by atoms with Crippen molar-refractivity contribution in [2.75, 3.05) is 6.54 Å². The van der Waals surface area contributed by atoms with Gasteiger partial charge in [0.05, 0.1) is 6.54 Å². The third-order valence-corrected chi connectivity index (χ3v) is 2.76. The molecule has 1 N–H and O–H groups in total. The fourth-order valence-corrected chi connectivity index (χ4v) is 1.62. The fourth-order valence-electron chi connectivity index (χ4n) is 1.62. The normalized spacial score (nSPS) is 13.9. The first kappa shape index (κ1) is 15.0. The second-order valence-corrected chi connectivity index (χ2v) is 4.24. The summed E-state index contributed by atoms with van der Waals surface area (Å²) in [6.07, 6.45) is -2.47. The van der Waals surface area contributed by atoms with Crippen molar-refractivity contribution in [3.8, 4) is 0 Å². The highest BCUT2D eigenvalue weighted by atomic mass is 19.3. The van der Waals surface area contributed by atoms with Crippen LogP contribution in [0.4, 0.5) is 17.6 Å². The monoisotopic (exact) mass is 263 g/mol. The number of nitrogens with one attached hydrogen (secondary N) is 1. The third-order valence-electron chi connectivity index (χ3n) is 2.76. The van der Waals surface area contributed by atoms with Crippen LogP contribution in [0.1, 0.15) is 18.9 Å². The zero-order valence-electron chi connectivity index (χ0n) is 10.2. The number of rotatable bonds is 7. The molecule has 1 atom stereocenters. The Labute approximate surface area is 104 Å². The molecule has 0 saturated carbocycles. The molecule has 0 fully saturated rings. The van der Waals surface area contributed by atoms with E-state index >= 15 is 0 Å². The molecule has 5 heteroatoms. The molecule has 0 aliphatic carbocycles. The maximum atomic E-state index is 12.8. The van der Waals surface area contributed by atoms with Crippen molar-refractivity contribution in [2.45, 2.75) is 38.2 Å². The summed E-state index contributed by atoms with van der Waals surface area (Å²) in [6.45, 7) is 0.844. The van der Waals surface area contributed by atoms with Crippen LogP contribution in [-0.4, -0.2) is 24.9 Å². The van der Waals surface area contributed by atoms with Crippen molar-refractivity contribution in [1.82, 2.24) is 5.32 Å². The molecule has 1 nitrogen and oxygen atoms in total. The molecule has 1 rings (SSSR count). The van der Waals surface area contributed by atoms with Crippen molar-refractivity contribution in [2.24, 2.45) is 0 Å². The smallest absolute Gasteiger partial charge is 0.308 e. The topological polar surface area (TPSA) is 12.0 Å². The molecule has 0 amide bonds. The van der Waals surface area contributed by atoms with E-state index in [0.29, 0.717) is 12.8 Å². The van der Waals surface area contributed by atoms with E-state index in [2.05, 4.69) is 5.32 Å². The summed E-state index contributed by atoms with van der Waals surface area (Å²) in [6, 6.07) is 9.12. The Hall–Kier alpha value is -1.10. The number of hydrogen-bond donors (Lipinski definition) is 1. The lowest BCUT2D eigenvalue weighted by molar-refractivity contribution is -0.126. The van der Waals surface area contributed by atoms with Gasteiger partial charge in [0, 0.05) is 6.04 Å². The summed E-state index contributed by atoms with van der Waals surface area (Å²) in [5, 5.41) is 2.51. The van der Waals surface area contributed by atoms with Gasteiger partial charge in [0.25, 0.3) is 0 Å². The second kappa shape index (κ2) is 6.73. The zero-order chi connectivity index (χ0) is 13.6. The Bertz CT molecular complexity index is 340. The van der Waals surface area contributed by atoms with Crippen molar-refractivity contribution < 1.29 is 17.6 Å². The van der Waals surface area contributed by atoms with Gasteiger partial charge in [-0.2, -0.15) is 8.78 Å². The first-order chi connectivity index (χ1) is 8.45. The van der Waals surface area contributed by atoms with Crippen molar-refractivity contribution >= 4 is 0 Å². The van der Waals surface area contributed by atoms with Crippen LogP contribution in [0.25, 0.3) is 0 Å². The Morgan fingerprint density at radius 1 is 1.17 bits per heavy atom. The SMILES string of the molecule is CCC(Cc1ccccc1)NCC(F)(F)C(F)F. The number of benzene rings is 1. The molecule has 0 bridgehead atoms. The average molecular weight is 263 g/mol. The van der Waals surface area contributed by atoms with E-state index < -0.39 is 18.9 Å². The molecule has 18 heavy (non-hydrogen) atoms. The molecular formula is C13H17F4N. The summed E-state index contributed by atoms with van der Waals surface area (Å²) in [5.74, 6) is -3.97. The van der Waals surface area contributed by atoms with Gasteiger partial charge in [0.1, 0.15) is 0 Å². The number of halogens is 4. The van der Waals surface area contributed by atoms with Gasteiger partial charge in [-0.25, -0.2) is 8.78 Å². The van der Waals surface area contributed by atoms with Gasteiger partial charge in [-0.05, 0) is 18.4 Å². The highest BCUT2D eigenvalue weighted by Crippen LogP contribution is 2.22. The average Bonchev–Trinajstić information content (AvgIpc) is 2.35. The predicted octanol–water partition coefficient (Wildman–Crippen LogP) is 3.50. The maximum Gasteiger partial charge on any atom is 0.319 e. The van der Waals surface area contributed by atoms with E-state index in [-0.39, 0.29) is 6.04 Å². The van der Waals surface area contributed by atoms with Crippen molar-refractivity contribution in [3.05, 3.63) is 35.9 Å². The first-order valence-corrected chi connectivity index (χ1v) is 5.89. The Morgan fingerprint density at radius 3 is 2.28 bits per heavy atom. The van der Waals surface area contributed by atoms with E-state index in [1.807, 2.05) is 37.3 Å². The van der Waals surface area contributed by atoms with Crippen LogP contribution in [0.5, 0.6) is 0 Å². The van der Waals surface area contributed by atoms with E-state index in [1.54, 1.807) is 0 Å². The predicted molar refractivity (Wildman–Crippen MR) is 63.2 cm³/mol. The van der Waals surface area contributed by atoms with Crippen LogP contribution in [0.15, 0.2) is 30.3 Å². The lowest BCUT2D eigenvalue weighted by atomic mass is 10.0. The van der Waals surface area contributed by atoms with Crippen LogP contribution in [0.3, 0.4) is 0 Å². The van der Waals surface area contributed by atoms with Gasteiger partial charge in [-0.1, -0.05) is 37.3 Å². The summed E-state index contributed by atoms with van der Waals surface area (Å²) in [4.78, 5) is 0. The van der Waals surface area contributed by atoms with E-state index in [0.717, 1.165) is 5.56 Å². The number of hydrogen-bond acceptors (Lipinski definition) is 1. The van der Waals surface area contributed by atoms with Gasteiger partial charge in [0.15, 0.2) is 0 Å². The van der Waals surface area contributed by atoms with Crippen LogP contribution in [-0.2, 0) is 6.42 Å². The molecule has 0 aliphatic rings. The lowest BCUT2D eigenvalue weighted by Crippen LogP contribution is -2.43. The van der Waals surface area contributed by atoms with Gasteiger partial charge in [-0.3, -0.25) is 0 Å². The molecule has 1 aromatic rings. The highest BCUT2D eigenvalue weighted by molar-refractivity contribution is 5.15. The summed E-state index contributed by atoms with van der Waals surface area (Å²) >= 11 is 0. The Balaban J connectivity index is 2.48.